The molecule has 1 aliphatic rings. The quantitative estimate of drug-likeness (QED) is 0.632. The minimum atomic E-state index is -4.40. The van der Waals surface area contributed by atoms with Crippen molar-refractivity contribution in [1.29, 1.82) is 0 Å². The molecule has 0 aliphatic carbocycles. The van der Waals surface area contributed by atoms with E-state index < -0.39 is 11.7 Å². The Bertz CT molecular complexity index is 418. The average molecular weight is 418 g/mol. The molecule has 0 spiro atoms. The van der Waals surface area contributed by atoms with Crippen LogP contribution in [-0.2, 0) is 27.2 Å². The molecule has 0 saturated heterocycles. The summed E-state index contributed by atoms with van der Waals surface area (Å²) in [4.78, 5) is 0. The van der Waals surface area contributed by atoms with Gasteiger partial charge in [0.2, 0.25) is 0 Å². The van der Waals surface area contributed by atoms with Gasteiger partial charge in [0, 0.05) is 0 Å². The van der Waals surface area contributed by atoms with E-state index in [0.717, 1.165) is 6.07 Å². The molecule has 1 heterocycles. The maximum absolute atomic E-state index is 12.3. The molecule has 86 valence electrons. The monoisotopic (exact) mass is 418 g/mol. The Labute approximate surface area is 110 Å². The molecule has 0 amide bonds. The zero-order chi connectivity index (χ0) is 10.3. The predicted molar refractivity (Wildman–Crippen MR) is 53.1 cm³/mol. The van der Waals surface area contributed by atoms with Gasteiger partial charge in [-0.1, -0.05) is 17.7 Å². The second kappa shape index (κ2) is 5.21. The second-order valence-electron chi connectivity index (χ2n) is 2.84. The third-order valence-electron chi connectivity index (χ3n) is 1.83. The fraction of sp³-hybridized carbons (Fsp3) is 0.111. The number of rotatable bonds is 1. The van der Waals surface area contributed by atoms with E-state index >= 15 is 0 Å². The summed E-state index contributed by atoms with van der Waals surface area (Å²) in [5.41, 5.74) is 0.479. The zero-order valence-electron chi connectivity index (χ0n) is 7.75. The average Bonchev–Trinajstić information content (AvgIpc) is 2.83. The van der Waals surface area contributed by atoms with Crippen LogP contribution >= 0.6 is 11.6 Å². The smallest absolute Gasteiger partial charge is 0.693 e. The molecular weight excluding hydrogens is 412 g/mol. The van der Waals surface area contributed by atoms with Crippen LogP contribution in [0.15, 0.2) is 24.4 Å². The van der Waals surface area contributed by atoms with Crippen LogP contribution in [0.5, 0.6) is 0 Å². The maximum atomic E-state index is 12.3. The summed E-state index contributed by atoms with van der Waals surface area (Å²) in [5, 5.41) is 3.46. The molecule has 1 aromatic carbocycles. The predicted octanol–water partition coefficient (Wildman–Crippen LogP) is 4.76. The normalized spacial score (nSPS) is 12.9. The van der Waals surface area contributed by atoms with E-state index in [1.54, 1.807) is 6.20 Å². The molecule has 0 bridgehead atoms. The number of alkyl halides is 3. The fourth-order valence-electron chi connectivity index (χ4n) is 1.09. The molecule has 0 unspecified atom stereocenters. The Hall–Kier alpha value is -0.512. The van der Waals surface area contributed by atoms with Gasteiger partial charge in [-0.15, -0.1) is 0 Å². The first-order chi connectivity index (χ1) is 6.48. The Morgan fingerprint density at radius 3 is 2.12 bits per heavy atom. The van der Waals surface area contributed by atoms with E-state index in [1.807, 2.05) is 0 Å². The standard InChI is InChI=1S/C9H4ClF3N.H2N.W/c10-7-3-5(8-4-14-8)1-2-6(7)9(11,12)13;;/h1-4H;1H2;/q2*-1;+2. The van der Waals surface area contributed by atoms with Gasteiger partial charge in [0.05, 0.1) is 10.6 Å². The first-order valence-electron chi connectivity index (χ1n) is 3.76. The van der Waals surface area contributed by atoms with Crippen LogP contribution in [0.4, 0.5) is 13.2 Å². The maximum Gasteiger partial charge on any atom is 2.00 e. The van der Waals surface area contributed by atoms with Crippen LogP contribution in [0.25, 0.3) is 17.2 Å². The third kappa shape index (κ3) is 3.24. The molecule has 0 aromatic heterocycles. The van der Waals surface area contributed by atoms with Crippen LogP contribution in [-0.4, -0.2) is 0 Å². The van der Waals surface area contributed by atoms with Gasteiger partial charge in [0.15, 0.2) is 0 Å². The first-order valence-corrected chi connectivity index (χ1v) is 4.14. The Morgan fingerprint density at radius 1 is 1.19 bits per heavy atom. The molecule has 2 nitrogen and oxygen atoms in total. The van der Waals surface area contributed by atoms with Crippen LogP contribution in [0.3, 0.4) is 0 Å². The molecule has 1 aliphatic heterocycles. The van der Waals surface area contributed by atoms with E-state index in [9.17, 15) is 13.2 Å². The van der Waals surface area contributed by atoms with Crippen molar-refractivity contribution in [2.24, 2.45) is 0 Å². The minimum absolute atomic E-state index is 0. The topological polar surface area (TPSA) is 47.6 Å². The Balaban J connectivity index is 0.00000112. The summed E-state index contributed by atoms with van der Waals surface area (Å²) in [6, 6.07) is 3.59. The van der Waals surface area contributed by atoms with Gasteiger partial charge < -0.3 is 11.5 Å². The van der Waals surface area contributed by atoms with Crippen LogP contribution in [0, 0.1) is 0 Å². The number of halogens is 4. The van der Waals surface area contributed by atoms with E-state index in [0.29, 0.717) is 11.3 Å². The van der Waals surface area contributed by atoms with Crippen molar-refractivity contribution >= 4 is 17.3 Å². The van der Waals surface area contributed by atoms with Crippen molar-refractivity contribution in [2.75, 3.05) is 0 Å². The zero-order valence-corrected chi connectivity index (χ0v) is 11.4. The minimum Gasteiger partial charge on any atom is -0.693 e. The SMILES string of the molecule is FC(F)(F)c1ccc(C2=C[N-]2)cc1Cl.[NH2-].[W+2]. The molecule has 0 atom stereocenters. The van der Waals surface area contributed by atoms with Gasteiger partial charge in [-0.05, 0) is 17.7 Å². The molecule has 2 N–H and O–H groups in total. The Morgan fingerprint density at radius 2 is 1.75 bits per heavy atom. The van der Waals surface area contributed by atoms with Crippen LogP contribution in [0.1, 0.15) is 11.1 Å². The van der Waals surface area contributed by atoms with Crippen LogP contribution < -0.4 is 0 Å². The van der Waals surface area contributed by atoms with Gasteiger partial charge in [-0.2, -0.15) is 25.1 Å². The van der Waals surface area contributed by atoms with Gasteiger partial charge in [0.25, 0.3) is 0 Å². The second-order valence-corrected chi connectivity index (χ2v) is 3.24. The van der Waals surface area contributed by atoms with E-state index in [2.05, 4.69) is 5.32 Å². The van der Waals surface area contributed by atoms with Crippen molar-refractivity contribution in [3.05, 3.63) is 52.0 Å². The largest absolute Gasteiger partial charge is 2.00 e. The molecule has 0 saturated carbocycles. The Kier molecular flexibility index (Phi) is 5.05. The first kappa shape index (κ1) is 15.5. The van der Waals surface area contributed by atoms with Gasteiger partial charge in [0.1, 0.15) is 0 Å². The van der Waals surface area contributed by atoms with Crippen molar-refractivity contribution in [3.8, 4) is 0 Å². The summed E-state index contributed by atoms with van der Waals surface area (Å²) in [6.07, 6.45) is -2.83. The molecular formula is C9H6ClF3N2W. The number of nitrogens with zero attached hydrogens (tertiary/aromatic N) is 1. The summed E-state index contributed by atoms with van der Waals surface area (Å²) < 4.78 is 36.8. The van der Waals surface area contributed by atoms with E-state index in [-0.39, 0.29) is 32.2 Å². The third-order valence-corrected chi connectivity index (χ3v) is 2.14. The summed E-state index contributed by atoms with van der Waals surface area (Å²) in [7, 11) is 0. The number of hydrogen-bond donors (Lipinski definition) is 0. The number of hydrogen-bond acceptors (Lipinski definition) is 0. The van der Waals surface area contributed by atoms with Crippen molar-refractivity contribution < 1.29 is 34.2 Å². The fourth-order valence-corrected chi connectivity index (χ4v) is 1.37. The van der Waals surface area contributed by atoms with E-state index in [4.69, 9.17) is 11.6 Å². The van der Waals surface area contributed by atoms with E-state index in [1.165, 1.54) is 12.1 Å². The van der Waals surface area contributed by atoms with Crippen LogP contribution in [0.2, 0.25) is 5.02 Å². The molecule has 7 heteroatoms. The molecule has 2 rings (SSSR count). The summed E-state index contributed by atoms with van der Waals surface area (Å²) in [6.45, 7) is 0. The number of benzene rings is 1. The molecule has 16 heavy (non-hydrogen) atoms. The van der Waals surface area contributed by atoms with Gasteiger partial charge in [-0.25, -0.2) is 0 Å². The number of nitrogens with two attached hydrogens (primary N) is 1. The summed E-state index contributed by atoms with van der Waals surface area (Å²) >= 11 is 5.50. The molecule has 0 fully saturated rings. The van der Waals surface area contributed by atoms with Crippen molar-refractivity contribution in [1.82, 2.24) is 0 Å². The van der Waals surface area contributed by atoms with Crippen molar-refractivity contribution in [2.45, 2.75) is 6.18 Å². The molecule has 1 aromatic rings. The van der Waals surface area contributed by atoms with Gasteiger partial charge >= 0.3 is 27.2 Å². The summed E-state index contributed by atoms with van der Waals surface area (Å²) in [5.74, 6) is 0. The molecule has 0 radical (unpaired) electrons. The van der Waals surface area contributed by atoms with Crippen molar-refractivity contribution in [3.63, 3.8) is 0 Å². The van der Waals surface area contributed by atoms with Gasteiger partial charge in [-0.3, -0.25) is 0 Å².